The van der Waals surface area contributed by atoms with E-state index in [4.69, 9.17) is 0 Å². The first kappa shape index (κ1) is 15.6. The molecular weight excluding hydrogens is 322 g/mol. The Morgan fingerprint density at radius 3 is 2.58 bits per heavy atom. The van der Waals surface area contributed by atoms with E-state index in [1.54, 1.807) is 0 Å². The maximum absolute atomic E-state index is 13.0. The summed E-state index contributed by atoms with van der Waals surface area (Å²) in [5, 5.41) is 1.09. The predicted molar refractivity (Wildman–Crippen MR) is 104 cm³/mol. The van der Waals surface area contributed by atoms with Gasteiger partial charge in [-0.2, -0.15) is 0 Å². The Kier molecular flexibility index (Phi) is 3.44. The average Bonchev–Trinajstić information content (AvgIpc) is 3.25. The Labute approximate surface area is 153 Å². The van der Waals surface area contributed by atoms with Crippen LogP contribution in [0.1, 0.15) is 16.9 Å². The number of aromatic nitrogens is 1. The van der Waals surface area contributed by atoms with Crippen LogP contribution in [0.2, 0.25) is 0 Å². The third-order valence-electron chi connectivity index (χ3n) is 5.89. The van der Waals surface area contributed by atoms with Gasteiger partial charge in [0.25, 0.3) is 5.91 Å². The molecule has 2 aliphatic heterocycles. The Balaban J connectivity index is 1.40. The number of hydrogen-bond acceptors (Lipinski definition) is 2. The zero-order chi connectivity index (χ0) is 17.7. The third-order valence-corrected chi connectivity index (χ3v) is 5.89. The van der Waals surface area contributed by atoms with Crippen LogP contribution >= 0.6 is 0 Å². The van der Waals surface area contributed by atoms with Gasteiger partial charge in [-0.25, -0.2) is 0 Å². The minimum absolute atomic E-state index is 0.133. The summed E-state index contributed by atoms with van der Waals surface area (Å²) >= 11 is 0. The molecule has 2 aromatic carbocycles. The van der Waals surface area contributed by atoms with Gasteiger partial charge in [0.1, 0.15) is 5.69 Å². The van der Waals surface area contributed by atoms with Crippen molar-refractivity contribution < 1.29 is 4.79 Å². The molecule has 132 valence electrons. The summed E-state index contributed by atoms with van der Waals surface area (Å²) in [6.07, 6.45) is 1.13. The number of benzene rings is 2. The quantitative estimate of drug-likeness (QED) is 0.771. The Bertz CT molecular complexity index is 969. The number of rotatable bonds is 2. The normalized spacial score (nSPS) is 19.2. The van der Waals surface area contributed by atoms with Gasteiger partial charge in [-0.15, -0.1) is 0 Å². The van der Waals surface area contributed by atoms with Crippen LogP contribution in [0, 0.1) is 5.41 Å². The van der Waals surface area contributed by atoms with E-state index in [2.05, 4.69) is 47.3 Å². The molecule has 0 unspecified atom stereocenters. The van der Waals surface area contributed by atoms with E-state index in [0.717, 1.165) is 43.5 Å². The molecule has 2 aliphatic rings. The molecule has 26 heavy (non-hydrogen) atoms. The van der Waals surface area contributed by atoms with Gasteiger partial charge in [-0.3, -0.25) is 4.79 Å². The lowest BCUT2D eigenvalue weighted by molar-refractivity contribution is 0.0293. The molecule has 1 aromatic heterocycles. The molecule has 1 spiro atoms. The van der Waals surface area contributed by atoms with Crippen LogP contribution in [-0.2, 0) is 0 Å². The van der Waals surface area contributed by atoms with Crippen LogP contribution < -0.4 is 0 Å². The zero-order valence-electron chi connectivity index (χ0n) is 15.0. The van der Waals surface area contributed by atoms with Gasteiger partial charge >= 0.3 is 0 Å². The summed E-state index contributed by atoms with van der Waals surface area (Å²) in [7, 11) is 2.15. The summed E-state index contributed by atoms with van der Waals surface area (Å²) in [5.74, 6) is 0.133. The molecule has 2 saturated heterocycles. The van der Waals surface area contributed by atoms with Crippen LogP contribution in [-0.4, -0.2) is 53.9 Å². The summed E-state index contributed by atoms with van der Waals surface area (Å²) < 4.78 is 0. The van der Waals surface area contributed by atoms with Gasteiger partial charge < -0.3 is 14.8 Å². The fraction of sp³-hybridized carbons (Fsp3) is 0.318. The van der Waals surface area contributed by atoms with Crippen molar-refractivity contribution in [2.24, 2.45) is 5.41 Å². The highest BCUT2D eigenvalue weighted by Gasteiger charge is 2.47. The van der Waals surface area contributed by atoms with Gasteiger partial charge in [0.05, 0.1) is 0 Å². The number of H-pyrrole nitrogens is 1. The third kappa shape index (κ3) is 2.53. The second-order valence-electron chi connectivity index (χ2n) is 8.00. The fourth-order valence-electron chi connectivity index (χ4n) is 4.69. The van der Waals surface area contributed by atoms with Gasteiger partial charge in [-0.1, -0.05) is 36.4 Å². The summed E-state index contributed by atoms with van der Waals surface area (Å²) in [6, 6.07) is 18.7. The van der Waals surface area contributed by atoms with Crippen molar-refractivity contribution in [3.8, 4) is 11.1 Å². The first-order valence-electron chi connectivity index (χ1n) is 9.28. The van der Waals surface area contributed by atoms with E-state index in [0.29, 0.717) is 11.1 Å². The first-order chi connectivity index (χ1) is 12.6. The number of likely N-dealkylation sites (tertiary alicyclic amines) is 2. The minimum atomic E-state index is 0.133. The van der Waals surface area contributed by atoms with Crippen LogP contribution in [0.3, 0.4) is 0 Å². The van der Waals surface area contributed by atoms with E-state index in [9.17, 15) is 4.79 Å². The van der Waals surface area contributed by atoms with Gasteiger partial charge in [0.15, 0.2) is 0 Å². The molecule has 3 heterocycles. The maximum atomic E-state index is 13.0. The molecule has 0 bridgehead atoms. The molecular formula is C22H23N3O. The summed E-state index contributed by atoms with van der Waals surface area (Å²) in [4.78, 5) is 20.6. The van der Waals surface area contributed by atoms with E-state index in [1.807, 2.05) is 29.2 Å². The summed E-state index contributed by atoms with van der Waals surface area (Å²) in [6.45, 7) is 3.99. The molecule has 0 saturated carbocycles. The Hall–Kier alpha value is -2.59. The molecule has 5 rings (SSSR count). The number of aromatic amines is 1. The number of carbonyl (C=O) groups is 1. The van der Waals surface area contributed by atoms with Gasteiger partial charge in [-0.05, 0) is 42.8 Å². The molecule has 1 N–H and O–H groups in total. The number of carbonyl (C=O) groups excluding carboxylic acids is 1. The van der Waals surface area contributed by atoms with Crippen LogP contribution in [0.4, 0.5) is 0 Å². The van der Waals surface area contributed by atoms with Gasteiger partial charge in [0.2, 0.25) is 0 Å². The summed E-state index contributed by atoms with van der Waals surface area (Å²) in [5.41, 5.74) is 4.43. The first-order valence-corrected chi connectivity index (χ1v) is 9.28. The monoisotopic (exact) mass is 345 g/mol. The number of fused-ring (bicyclic) bond motifs is 1. The van der Waals surface area contributed by atoms with Crippen molar-refractivity contribution in [1.29, 1.82) is 0 Å². The SMILES string of the molecule is CN1CC2(CCN(C(=O)c3cc4cc(-c5ccccc5)ccc4[nH]3)C2)C1. The smallest absolute Gasteiger partial charge is 0.270 e. The number of amides is 1. The van der Waals surface area contributed by atoms with Crippen molar-refractivity contribution in [3.63, 3.8) is 0 Å². The van der Waals surface area contributed by atoms with E-state index >= 15 is 0 Å². The van der Waals surface area contributed by atoms with E-state index in [-0.39, 0.29) is 5.91 Å². The Morgan fingerprint density at radius 2 is 1.81 bits per heavy atom. The minimum Gasteiger partial charge on any atom is -0.351 e. The molecule has 4 heteroatoms. The highest BCUT2D eigenvalue weighted by Crippen LogP contribution is 2.39. The molecule has 2 fully saturated rings. The lowest BCUT2D eigenvalue weighted by Crippen LogP contribution is -2.55. The largest absolute Gasteiger partial charge is 0.351 e. The number of nitrogens with zero attached hydrogens (tertiary/aromatic N) is 2. The molecule has 0 aliphatic carbocycles. The lowest BCUT2D eigenvalue weighted by Gasteiger charge is -2.46. The fourth-order valence-corrected chi connectivity index (χ4v) is 4.69. The van der Waals surface area contributed by atoms with Crippen molar-refractivity contribution in [2.45, 2.75) is 6.42 Å². The molecule has 0 atom stereocenters. The van der Waals surface area contributed by atoms with Gasteiger partial charge in [0, 0.05) is 42.5 Å². The van der Waals surface area contributed by atoms with Crippen molar-refractivity contribution in [3.05, 3.63) is 60.3 Å². The molecule has 0 radical (unpaired) electrons. The molecule has 1 amide bonds. The maximum Gasteiger partial charge on any atom is 0.270 e. The van der Waals surface area contributed by atoms with Crippen molar-refractivity contribution in [2.75, 3.05) is 33.2 Å². The topological polar surface area (TPSA) is 39.3 Å². The van der Waals surface area contributed by atoms with E-state index < -0.39 is 0 Å². The van der Waals surface area contributed by atoms with Crippen molar-refractivity contribution in [1.82, 2.24) is 14.8 Å². The second kappa shape index (κ2) is 5.71. The predicted octanol–water partition coefficient (Wildman–Crippen LogP) is 3.61. The highest BCUT2D eigenvalue weighted by molar-refractivity contribution is 5.99. The Morgan fingerprint density at radius 1 is 1.00 bits per heavy atom. The molecule has 3 aromatic rings. The molecule has 4 nitrogen and oxygen atoms in total. The standard InChI is InChI=1S/C22H23N3O/c1-24-13-22(14-24)9-10-25(15-22)21(26)20-12-18-11-17(7-8-19(18)23-20)16-5-3-2-4-6-16/h2-8,11-12,23H,9-10,13-15H2,1H3. The van der Waals surface area contributed by atoms with Crippen LogP contribution in [0.15, 0.2) is 54.6 Å². The van der Waals surface area contributed by atoms with Crippen LogP contribution in [0.5, 0.6) is 0 Å². The lowest BCUT2D eigenvalue weighted by atomic mass is 9.79. The highest BCUT2D eigenvalue weighted by atomic mass is 16.2. The second-order valence-corrected chi connectivity index (χ2v) is 8.00. The zero-order valence-corrected chi connectivity index (χ0v) is 15.0. The average molecular weight is 345 g/mol. The van der Waals surface area contributed by atoms with Crippen LogP contribution in [0.25, 0.3) is 22.0 Å². The van der Waals surface area contributed by atoms with E-state index in [1.165, 1.54) is 11.1 Å². The number of nitrogens with one attached hydrogen (secondary N) is 1. The van der Waals surface area contributed by atoms with Crippen molar-refractivity contribution >= 4 is 16.8 Å². The number of hydrogen-bond donors (Lipinski definition) is 1.